The second-order valence-electron chi connectivity index (χ2n) is 5.17. The first kappa shape index (κ1) is 18.5. The lowest BCUT2D eigenvalue weighted by molar-refractivity contribution is -0.142. The summed E-state index contributed by atoms with van der Waals surface area (Å²) in [6.45, 7) is 1.65. The van der Waals surface area contributed by atoms with Crippen LogP contribution in [0.2, 0.25) is 10.0 Å². The molecule has 0 aliphatic rings. The summed E-state index contributed by atoms with van der Waals surface area (Å²) >= 11 is 11.8. The second-order valence-corrected chi connectivity index (χ2v) is 5.99. The molecule has 26 heavy (non-hydrogen) atoms. The summed E-state index contributed by atoms with van der Waals surface area (Å²) in [6.07, 6.45) is -4.72. The Morgan fingerprint density at radius 3 is 2.54 bits per heavy atom. The minimum Gasteiger partial charge on any atom is -0.461 e. The van der Waals surface area contributed by atoms with Crippen LogP contribution in [0.5, 0.6) is 0 Å². The van der Waals surface area contributed by atoms with Gasteiger partial charge in [-0.2, -0.15) is 18.3 Å². The third-order valence-corrected chi connectivity index (χ3v) is 4.16. The molecule has 0 bridgehead atoms. The molecule has 0 saturated heterocycles. The number of esters is 1. The van der Waals surface area contributed by atoms with Crippen LogP contribution in [-0.2, 0) is 10.9 Å². The Hall–Kier alpha value is -2.32. The predicted molar refractivity (Wildman–Crippen MR) is 89.4 cm³/mol. The van der Waals surface area contributed by atoms with E-state index in [9.17, 15) is 18.0 Å². The van der Waals surface area contributed by atoms with Gasteiger partial charge in [0.2, 0.25) is 0 Å². The first-order chi connectivity index (χ1) is 12.2. The maximum absolute atomic E-state index is 13.5. The molecule has 2 aromatic heterocycles. The number of carbonyl (C=O) groups is 1. The van der Waals surface area contributed by atoms with E-state index in [0.29, 0.717) is 10.1 Å². The molecule has 0 aliphatic heterocycles. The van der Waals surface area contributed by atoms with E-state index in [4.69, 9.17) is 27.9 Å². The van der Waals surface area contributed by atoms with Gasteiger partial charge >= 0.3 is 12.1 Å². The fourth-order valence-corrected chi connectivity index (χ4v) is 2.58. The van der Waals surface area contributed by atoms with Gasteiger partial charge in [0.15, 0.2) is 17.0 Å². The van der Waals surface area contributed by atoms with E-state index < -0.39 is 17.8 Å². The first-order valence-electron chi connectivity index (χ1n) is 7.31. The molecule has 10 heteroatoms. The van der Waals surface area contributed by atoms with Gasteiger partial charge in [-0.05, 0) is 25.1 Å². The van der Waals surface area contributed by atoms with Crippen LogP contribution in [-0.4, -0.2) is 27.2 Å². The summed E-state index contributed by atoms with van der Waals surface area (Å²) in [5.41, 5.74) is -1.15. The van der Waals surface area contributed by atoms with Crippen LogP contribution in [0, 0.1) is 0 Å². The van der Waals surface area contributed by atoms with Gasteiger partial charge in [0.1, 0.15) is 0 Å². The number of hydrogen-bond donors (Lipinski definition) is 0. The number of halogens is 5. The van der Waals surface area contributed by atoms with Gasteiger partial charge in [-0.25, -0.2) is 14.3 Å². The summed E-state index contributed by atoms with van der Waals surface area (Å²) in [4.78, 5) is 15.9. The van der Waals surface area contributed by atoms with Crippen LogP contribution in [0.3, 0.4) is 0 Å². The Morgan fingerprint density at radius 2 is 1.92 bits per heavy atom. The van der Waals surface area contributed by atoms with Crippen molar-refractivity contribution in [2.24, 2.45) is 0 Å². The molecule has 3 aromatic rings. The summed E-state index contributed by atoms with van der Waals surface area (Å²) in [5, 5.41) is 4.12. The fourth-order valence-electron chi connectivity index (χ4n) is 2.28. The van der Waals surface area contributed by atoms with Crippen LogP contribution in [0.15, 0.2) is 30.3 Å². The van der Waals surface area contributed by atoms with E-state index in [0.717, 1.165) is 12.1 Å². The maximum atomic E-state index is 13.5. The largest absolute Gasteiger partial charge is 0.461 e. The van der Waals surface area contributed by atoms with Gasteiger partial charge in [-0.1, -0.05) is 29.3 Å². The lowest BCUT2D eigenvalue weighted by Gasteiger charge is -2.11. The number of ether oxygens (including phenoxy) is 1. The Balaban J connectivity index is 2.22. The summed E-state index contributed by atoms with van der Waals surface area (Å²) in [6, 6.07) is 6.32. The van der Waals surface area contributed by atoms with Crippen molar-refractivity contribution in [2.75, 3.05) is 6.61 Å². The molecule has 0 fully saturated rings. The van der Waals surface area contributed by atoms with Crippen molar-refractivity contribution in [2.45, 2.75) is 13.1 Å². The highest BCUT2D eigenvalue weighted by molar-refractivity contribution is 6.42. The Morgan fingerprint density at radius 1 is 1.19 bits per heavy atom. The molecule has 3 rings (SSSR count). The molecule has 5 nitrogen and oxygen atoms in total. The number of rotatable bonds is 3. The predicted octanol–water partition coefficient (Wildman–Crippen LogP) is 4.90. The number of aromatic nitrogens is 3. The Labute approximate surface area is 155 Å². The minimum absolute atomic E-state index is 0.0127. The molecular weight excluding hydrogens is 394 g/mol. The van der Waals surface area contributed by atoms with E-state index in [2.05, 4.69) is 10.1 Å². The van der Waals surface area contributed by atoms with Crippen molar-refractivity contribution in [3.63, 3.8) is 0 Å². The number of alkyl halides is 3. The van der Waals surface area contributed by atoms with Crippen molar-refractivity contribution < 1.29 is 22.7 Å². The quantitative estimate of drug-likeness (QED) is 0.583. The van der Waals surface area contributed by atoms with Gasteiger partial charge in [-0.3, -0.25) is 0 Å². The SMILES string of the molecule is CCOC(=O)c1cc2nc(-c3ccc(Cl)c(Cl)c3)cc(C(F)(F)F)n2n1. The van der Waals surface area contributed by atoms with Crippen molar-refractivity contribution >= 4 is 34.8 Å². The van der Waals surface area contributed by atoms with Crippen molar-refractivity contribution in [3.05, 3.63) is 51.8 Å². The number of hydrogen-bond acceptors (Lipinski definition) is 4. The van der Waals surface area contributed by atoms with E-state index in [1.54, 1.807) is 6.92 Å². The molecule has 0 spiro atoms. The molecule has 0 saturated carbocycles. The average Bonchev–Trinajstić information content (AvgIpc) is 2.99. The van der Waals surface area contributed by atoms with E-state index >= 15 is 0 Å². The zero-order valence-corrected chi connectivity index (χ0v) is 14.7. The molecule has 0 amide bonds. The van der Waals surface area contributed by atoms with Crippen LogP contribution in [0.4, 0.5) is 13.2 Å². The fraction of sp³-hybridized carbons (Fsp3) is 0.188. The standard InChI is InChI=1S/C16H10Cl2F3N3O2/c1-2-26-15(25)12-7-14-22-11(8-3-4-9(17)10(18)5-8)6-13(16(19,20)21)24(14)23-12/h3-7H,2H2,1H3. The molecular formula is C16H10Cl2F3N3O2. The number of fused-ring (bicyclic) bond motifs is 1. The average molecular weight is 404 g/mol. The molecule has 0 N–H and O–H groups in total. The Kier molecular flexibility index (Phi) is 4.81. The van der Waals surface area contributed by atoms with Crippen molar-refractivity contribution in [3.8, 4) is 11.3 Å². The molecule has 0 aliphatic carbocycles. The summed E-state index contributed by atoms with van der Waals surface area (Å²) in [7, 11) is 0. The highest BCUT2D eigenvalue weighted by atomic mass is 35.5. The van der Waals surface area contributed by atoms with Gasteiger partial charge in [0, 0.05) is 11.6 Å². The smallest absolute Gasteiger partial charge is 0.433 e. The third-order valence-electron chi connectivity index (χ3n) is 3.42. The van der Waals surface area contributed by atoms with Crippen molar-refractivity contribution in [1.82, 2.24) is 14.6 Å². The molecule has 2 heterocycles. The monoisotopic (exact) mass is 403 g/mol. The highest BCUT2D eigenvalue weighted by Gasteiger charge is 2.35. The number of nitrogens with zero attached hydrogens (tertiary/aromatic N) is 3. The Bertz CT molecular complexity index is 1000. The zero-order valence-electron chi connectivity index (χ0n) is 13.1. The van der Waals surface area contributed by atoms with Gasteiger partial charge in [0.05, 0.1) is 22.3 Å². The molecule has 0 unspecified atom stereocenters. The number of benzene rings is 1. The van der Waals surface area contributed by atoms with Crippen molar-refractivity contribution in [1.29, 1.82) is 0 Å². The lowest BCUT2D eigenvalue weighted by atomic mass is 10.1. The van der Waals surface area contributed by atoms with E-state index in [1.165, 1.54) is 18.2 Å². The normalized spacial score (nSPS) is 11.8. The second kappa shape index (κ2) is 6.77. The summed E-state index contributed by atoms with van der Waals surface area (Å²) in [5.74, 6) is -0.831. The molecule has 0 atom stereocenters. The molecule has 1 aromatic carbocycles. The van der Waals surface area contributed by atoms with Crippen LogP contribution < -0.4 is 0 Å². The maximum Gasteiger partial charge on any atom is 0.433 e. The number of carbonyl (C=O) groups excluding carboxylic acids is 1. The lowest BCUT2D eigenvalue weighted by Crippen LogP contribution is -2.14. The van der Waals surface area contributed by atoms with Gasteiger partial charge < -0.3 is 4.74 Å². The zero-order chi connectivity index (χ0) is 19.1. The highest BCUT2D eigenvalue weighted by Crippen LogP contribution is 2.34. The van der Waals surface area contributed by atoms with E-state index in [1.807, 2.05) is 0 Å². The van der Waals surface area contributed by atoms with E-state index in [-0.39, 0.29) is 33.7 Å². The minimum atomic E-state index is -4.72. The van der Waals surface area contributed by atoms with Gasteiger partial charge in [0.25, 0.3) is 0 Å². The van der Waals surface area contributed by atoms with Crippen LogP contribution in [0.1, 0.15) is 23.1 Å². The first-order valence-corrected chi connectivity index (χ1v) is 8.07. The third kappa shape index (κ3) is 3.47. The topological polar surface area (TPSA) is 56.5 Å². The van der Waals surface area contributed by atoms with Crippen LogP contribution in [0.25, 0.3) is 16.9 Å². The van der Waals surface area contributed by atoms with Crippen LogP contribution >= 0.6 is 23.2 Å². The summed E-state index contributed by atoms with van der Waals surface area (Å²) < 4.78 is 45.7. The van der Waals surface area contributed by atoms with Gasteiger partial charge in [-0.15, -0.1) is 0 Å². The molecule has 136 valence electrons. The molecule has 0 radical (unpaired) electrons.